The summed E-state index contributed by atoms with van der Waals surface area (Å²) < 4.78 is 6.70. The van der Waals surface area contributed by atoms with Crippen LogP contribution in [-0.4, -0.2) is 0 Å². The van der Waals surface area contributed by atoms with Gasteiger partial charge in [-0.25, -0.2) is 0 Å². The summed E-state index contributed by atoms with van der Waals surface area (Å²) in [7, 11) is 0. The summed E-state index contributed by atoms with van der Waals surface area (Å²) in [5, 5.41) is 4.57. The minimum atomic E-state index is -0.111. The topological polar surface area (TPSA) is 16.4 Å². The average molecular weight is 618 g/mol. The number of fused-ring (bicyclic) bond motifs is 11. The Labute approximate surface area is 280 Å². The Hall–Kier alpha value is -5.60. The molecule has 0 amide bonds. The lowest BCUT2D eigenvalue weighted by Gasteiger charge is -2.30. The van der Waals surface area contributed by atoms with Gasteiger partial charge in [-0.3, -0.25) is 0 Å². The van der Waals surface area contributed by atoms with Gasteiger partial charge in [0.25, 0.3) is 0 Å². The first-order valence-corrected chi connectivity index (χ1v) is 16.9. The van der Waals surface area contributed by atoms with E-state index >= 15 is 0 Å². The molecular formula is C46H35NO. The predicted molar refractivity (Wildman–Crippen MR) is 201 cm³/mol. The molecule has 2 aliphatic rings. The molecule has 0 aliphatic heterocycles. The van der Waals surface area contributed by atoms with Gasteiger partial charge in [-0.15, -0.1) is 0 Å². The quantitative estimate of drug-likeness (QED) is 0.196. The first kappa shape index (κ1) is 27.5. The second kappa shape index (κ2) is 9.49. The minimum Gasteiger partial charge on any atom is -0.455 e. The molecule has 0 fully saturated rings. The van der Waals surface area contributed by atoms with Crippen molar-refractivity contribution in [3.63, 3.8) is 0 Å². The Morgan fingerprint density at radius 3 is 1.67 bits per heavy atom. The van der Waals surface area contributed by atoms with Crippen LogP contribution in [0.25, 0.3) is 55.0 Å². The molecule has 2 nitrogen and oxygen atoms in total. The number of benzene rings is 7. The lowest BCUT2D eigenvalue weighted by Crippen LogP contribution is -2.18. The summed E-state index contributed by atoms with van der Waals surface area (Å²) in [6, 6.07) is 51.4. The standard InChI is InChI=1S/C46H35NO/c1-45(2)37-16-8-5-13-31(37)33-24-21-29(26-39(33)45)47(30-22-25-34-32-14-6-9-17-38(32)46(3,4)40(34)27-30)41-18-11-12-28-20-23-36-35-15-7-10-19-42(35)48-44(36)43(28)41/h5-27H,1-4H3. The molecule has 10 rings (SSSR count). The molecule has 0 radical (unpaired) electrons. The van der Waals surface area contributed by atoms with E-state index in [9.17, 15) is 0 Å². The third-order valence-corrected chi connectivity index (χ3v) is 11.3. The fraction of sp³-hybridized carbons (Fsp3) is 0.130. The van der Waals surface area contributed by atoms with Crippen molar-refractivity contribution < 1.29 is 4.42 Å². The zero-order chi connectivity index (χ0) is 32.4. The van der Waals surface area contributed by atoms with Crippen LogP contribution in [0.1, 0.15) is 49.9 Å². The molecule has 7 aromatic carbocycles. The van der Waals surface area contributed by atoms with Crippen LogP contribution in [0.5, 0.6) is 0 Å². The molecule has 0 spiro atoms. The largest absolute Gasteiger partial charge is 0.455 e. The van der Waals surface area contributed by atoms with Crippen molar-refractivity contribution in [1.82, 2.24) is 0 Å². The molecule has 8 aromatic rings. The number of anilines is 3. The first-order valence-electron chi connectivity index (χ1n) is 16.9. The van der Waals surface area contributed by atoms with E-state index in [-0.39, 0.29) is 10.8 Å². The highest BCUT2D eigenvalue weighted by Crippen LogP contribution is 2.54. The molecule has 2 aliphatic carbocycles. The summed E-state index contributed by atoms with van der Waals surface area (Å²) in [5.41, 5.74) is 15.8. The maximum absolute atomic E-state index is 6.70. The van der Waals surface area contributed by atoms with Crippen molar-refractivity contribution in [3.8, 4) is 22.3 Å². The Morgan fingerprint density at radius 1 is 0.458 bits per heavy atom. The van der Waals surface area contributed by atoms with Gasteiger partial charge in [-0.2, -0.15) is 0 Å². The lowest BCUT2D eigenvalue weighted by atomic mass is 9.82. The van der Waals surface area contributed by atoms with Crippen molar-refractivity contribution >= 4 is 49.8 Å². The normalized spacial score (nSPS) is 15.0. The second-order valence-corrected chi connectivity index (χ2v) is 14.6. The molecule has 0 saturated carbocycles. The van der Waals surface area contributed by atoms with Crippen LogP contribution >= 0.6 is 0 Å². The number of hydrogen-bond donors (Lipinski definition) is 0. The molecular weight excluding hydrogens is 583 g/mol. The van der Waals surface area contributed by atoms with Crippen LogP contribution in [0.3, 0.4) is 0 Å². The Kier molecular flexibility index (Phi) is 5.44. The van der Waals surface area contributed by atoms with Crippen molar-refractivity contribution in [2.75, 3.05) is 4.90 Å². The van der Waals surface area contributed by atoms with Gasteiger partial charge in [-0.1, -0.05) is 125 Å². The van der Waals surface area contributed by atoms with E-state index in [1.54, 1.807) is 0 Å². The lowest BCUT2D eigenvalue weighted by molar-refractivity contribution is 0.660. The third kappa shape index (κ3) is 3.58. The van der Waals surface area contributed by atoms with E-state index in [0.717, 1.165) is 49.8 Å². The van der Waals surface area contributed by atoms with Crippen LogP contribution in [0.15, 0.2) is 144 Å². The predicted octanol–water partition coefficient (Wildman–Crippen LogP) is 12.8. The van der Waals surface area contributed by atoms with E-state index in [1.165, 1.54) is 44.5 Å². The van der Waals surface area contributed by atoms with Crippen molar-refractivity contribution in [2.24, 2.45) is 0 Å². The van der Waals surface area contributed by atoms with Crippen LogP contribution < -0.4 is 4.90 Å². The van der Waals surface area contributed by atoms with Crippen molar-refractivity contribution in [2.45, 2.75) is 38.5 Å². The summed E-state index contributed by atoms with van der Waals surface area (Å²) in [6.45, 7) is 9.43. The molecule has 1 heterocycles. The van der Waals surface area contributed by atoms with E-state index in [2.05, 4.69) is 172 Å². The van der Waals surface area contributed by atoms with Crippen LogP contribution in [0.4, 0.5) is 17.1 Å². The van der Waals surface area contributed by atoms with E-state index in [1.807, 2.05) is 0 Å². The number of hydrogen-bond acceptors (Lipinski definition) is 2. The van der Waals surface area contributed by atoms with Gasteiger partial charge in [0, 0.05) is 38.4 Å². The molecule has 0 unspecified atom stereocenters. The zero-order valence-corrected chi connectivity index (χ0v) is 27.6. The van der Waals surface area contributed by atoms with Gasteiger partial charge in [0.2, 0.25) is 0 Å². The maximum atomic E-state index is 6.70. The number of furan rings is 1. The second-order valence-electron chi connectivity index (χ2n) is 14.6. The average Bonchev–Trinajstić information content (AvgIpc) is 3.68. The molecule has 0 saturated heterocycles. The van der Waals surface area contributed by atoms with Gasteiger partial charge < -0.3 is 9.32 Å². The van der Waals surface area contributed by atoms with Crippen LogP contribution in [-0.2, 0) is 10.8 Å². The van der Waals surface area contributed by atoms with E-state index in [0.29, 0.717) is 0 Å². The van der Waals surface area contributed by atoms with Crippen molar-refractivity contribution in [3.05, 3.63) is 162 Å². The molecule has 0 atom stereocenters. The molecule has 0 N–H and O–H groups in total. The van der Waals surface area contributed by atoms with Gasteiger partial charge in [-0.05, 0) is 92.4 Å². The summed E-state index contributed by atoms with van der Waals surface area (Å²) in [6.07, 6.45) is 0. The summed E-state index contributed by atoms with van der Waals surface area (Å²) >= 11 is 0. The fourth-order valence-corrected chi connectivity index (χ4v) is 8.81. The van der Waals surface area contributed by atoms with Gasteiger partial charge in [0.1, 0.15) is 11.2 Å². The first-order chi connectivity index (χ1) is 23.3. The maximum Gasteiger partial charge on any atom is 0.145 e. The van der Waals surface area contributed by atoms with E-state index < -0.39 is 0 Å². The Morgan fingerprint density at radius 2 is 1.02 bits per heavy atom. The highest BCUT2D eigenvalue weighted by molar-refractivity contribution is 6.19. The fourth-order valence-electron chi connectivity index (χ4n) is 8.81. The number of rotatable bonds is 3. The zero-order valence-electron chi connectivity index (χ0n) is 27.6. The highest BCUT2D eigenvalue weighted by atomic mass is 16.3. The SMILES string of the molecule is CC1(C)c2ccccc2-c2ccc(N(c3ccc4c(c3)C(C)(C)c3ccccc3-4)c3cccc4ccc5c6ccccc6oc5c34)cc21. The molecule has 230 valence electrons. The molecule has 48 heavy (non-hydrogen) atoms. The van der Waals surface area contributed by atoms with Gasteiger partial charge in [0.15, 0.2) is 0 Å². The number of nitrogens with zero attached hydrogens (tertiary/aromatic N) is 1. The number of para-hydroxylation sites is 1. The minimum absolute atomic E-state index is 0.111. The van der Waals surface area contributed by atoms with Crippen LogP contribution in [0, 0.1) is 0 Å². The Bertz CT molecular complexity index is 2530. The Balaban J connectivity index is 1.27. The van der Waals surface area contributed by atoms with Crippen LogP contribution in [0.2, 0.25) is 0 Å². The van der Waals surface area contributed by atoms with Crippen molar-refractivity contribution in [1.29, 1.82) is 0 Å². The van der Waals surface area contributed by atoms with Gasteiger partial charge in [0.05, 0.1) is 5.69 Å². The van der Waals surface area contributed by atoms with Gasteiger partial charge >= 0.3 is 0 Å². The third-order valence-electron chi connectivity index (χ3n) is 11.3. The monoisotopic (exact) mass is 617 g/mol. The molecule has 1 aromatic heterocycles. The summed E-state index contributed by atoms with van der Waals surface area (Å²) in [5.74, 6) is 0. The highest BCUT2D eigenvalue weighted by Gasteiger charge is 2.38. The molecule has 2 heteroatoms. The smallest absolute Gasteiger partial charge is 0.145 e. The molecule has 0 bridgehead atoms. The van der Waals surface area contributed by atoms with E-state index in [4.69, 9.17) is 4.42 Å². The summed E-state index contributed by atoms with van der Waals surface area (Å²) in [4.78, 5) is 2.47.